The van der Waals surface area contributed by atoms with Crippen LogP contribution in [0.25, 0.3) is 0 Å². The molecule has 1 aromatic heterocycles. The summed E-state index contributed by atoms with van der Waals surface area (Å²) in [5.74, 6) is 0.685. The number of anilines is 1. The first kappa shape index (κ1) is 23.7. The fraction of sp³-hybridized carbons (Fsp3) is 0.154. The van der Waals surface area contributed by atoms with E-state index in [2.05, 4.69) is 22.4 Å². The number of hydrogen-bond acceptors (Lipinski definition) is 7. The van der Waals surface area contributed by atoms with Crippen molar-refractivity contribution in [3.8, 4) is 5.75 Å². The van der Waals surface area contributed by atoms with E-state index < -0.39 is 0 Å². The first-order valence-corrected chi connectivity index (χ1v) is 12.6. The number of aromatic nitrogens is 2. The van der Waals surface area contributed by atoms with Crippen LogP contribution in [0, 0.1) is 0 Å². The highest BCUT2D eigenvalue weighted by Gasteiger charge is 2.13. The van der Waals surface area contributed by atoms with Crippen molar-refractivity contribution in [3.05, 3.63) is 101 Å². The maximum Gasteiger partial charge on any atom is 0.257 e. The predicted octanol–water partition coefficient (Wildman–Crippen LogP) is 5.91. The molecule has 0 aliphatic heterocycles. The van der Waals surface area contributed by atoms with Gasteiger partial charge in [-0.15, -0.1) is 10.2 Å². The number of aryl methyl sites for hydroxylation is 1. The highest BCUT2D eigenvalue weighted by molar-refractivity contribution is 8.01. The molecule has 1 N–H and O–H groups in total. The predicted molar refractivity (Wildman–Crippen MR) is 136 cm³/mol. The largest absolute Gasteiger partial charge is 0.489 e. The minimum Gasteiger partial charge on any atom is -0.489 e. The molecule has 0 aliphatic carbocycles. The second-order valence-electron chi connectivity index (χ2n) is 7.39. The van der Waals surface area contributed by atoms with E-state index >= 15 is 0 Å². The molecule has 0 spiro atoms. The molecule has 172 valence electrons. The van der Waals surface area contributed by atoms with E-state index in [1.165, 1.54) is 28.7 Å². The molecule has 0 saturated carbocycles. The van der Waals surface area contributed by atoms with Gasteiger partial charge in [-0.2, -0.15) is 0 Å². The number of Topliss-reactive ketones (excluding diaryl/α,β-unsaturated/α-hetero) is 1. The third kappa shape index (κ3) is 6.52. The van der Waals surface area contributed by atoms with Gasteiger partial charge in [0.05, 0.1) is 5.75 Å². The summed E-state index contributed by atoms with van der Waals surface area (Å²) in [7, 11) is 0. The van der Waals surface area contributed by atoms with E-state index in [1.807, 2.05) is 42.5 Å². The lowest BCUT2D eigenvalue weighted by Crippen LogP contribution is -2.11. The smallest absolute Gasteiger partial charge is 0.257 e. The summed E-state index contributed by atoms with van der Waals surface area (Å²) in [6.07, 6.45) is 0.920. The number of benzene rings is 3. The maximum absolute atomic E-state index is 12.6. The van der Waals surface area contributed by atoms with Crippen molar-refractivity contribution in [1.82, 2.24) is 10.2 Å². The minimum absolute atomic E-state index is 0.0172. The van der Waals surface area contributed by atoms with E-state index in [0.29, 0.717) is 33.0 Å². The Morgan fingerprint density at radius 3 is 2.29 bits per heavy atom. The van der Waals surface area contributed by atoms with Gasteiger partial charge in [0.25, 0.3) is 5.91 Å². The molecule has 1 heterocycles. The topological polar surface area (TPSA) is 81.2 Å². The standard InChI is InChI=1S/C26H23N3O3S2/c1-2-18-8-10-21(11-9-18)24(31)27-25-28-29-26(34-25)33-17-23(30)20-12-14-22(15-13-20)32-16-19-6-4-3-5-7-19/h3-15H,2,16-17H2,1H3,(H,27,28,31). The maximum atomic E-state index is 12.6. The van der Waals surface area contributed by atoms with Gasteiger partial charge in [-0.05, 0) is 53.9 Å². The number of carbonyl (C=O) groups excluding carboxylic acids is 2. The Bertz CT molecular complexity index is 1240. The lowest BCUT2D eigenvalue weighted by molar-refractivity contribution is 0.101. The van der Waals surface area contributed by atoms with Gasteiger partial charge < -0.3 is 4.74 Å². The van der Waals surface area contributed by atoms with Crippen molar-refractivity contribution in [2.75, 3.05) is 11.1 Å². The molecule has 1 amide bonds. The molecule has 34 heavy (non-hydrogen) atoms. The second kappa shape index (κ2) is 11.6. The van der Waals surface area contributed by atoms with Gasteiger partial charge in [0.15, 0.2) is 10.1 Å². The summed E-state index contributed by atoms with van der Waals surface area (Å²) in [6.45, 7) is 2.54. The molecular formula is C26H23N3O3S2. The molecule has 0 radical (unpaired) electrons. The van der Waals surface area contributed by atoms with Crippen molar-refractivity contribution in [3.63, 3.8) is 0 Å². The number of nitrogens with zero attached hydrogens (tertiary/aromatic N) is 2. The van der Waals surface area contributed by atoms with Crippen LogP contribution in [0.4, 0.5) is 5.13 Å². The number of ketones is 1. The van der Waals surface area contributed by atoms with Crippen LogP contribution in [0.2, 0.25) is 0 Å². The molecule has 3 aromatic carbocycles. The molecule has 0 aliphatic rings. The van der Waals surface area contributed by atoms with Crippen LogP contribution in [-0.2, 0) is 13.0 Å². The zero-order chi connectivity index (χ0) is 23.8. The number of nitrogens with one attached hydrogen (secondary N) is 1. The van der Waals surface area contributed by atoms with Crippen molar-refractivity contribution in [2.45, 2.75) is 24.3 Å². The van der Waals surface area contributed by atoms with Gasteiger partial charge in [0, 0.05) is 11.1 Å². The summed E-state index contributed by atoms with van der Waals surface area (Å²) >= 11 is 2.54. The molecule has 0 saturated heterocycles. The lowest BCUT2D eigenvalue weighted by Gasteiger charge is -2.07. The number of amides is 1. The Hall–Kier alpha value is -3.49. The Balaban J connectivity index is 1.25. The third-order valence-corrected chi connectivity index (χ3v) is 6.97. The first-order valence-electron chi connectivity index (χ1n) is 10.8. The fourth-order valence-electron chi connectivity index (χ4n) is 3.07. The SMILES string of the molecule is CCc1ccc(C(=O)Nc2nnc(SCC(=O)c3ccc(OCc4ccccc4)cc3)s2)cc1. The van der Waals surface area contributed by atoms with E-state index in [0.717, 1.165) is 12.0 Å². The molecule has 4 rings (SSSR count). The van der Waals surface area contributed by atoms with E-state index in [-0.39, 0.29) is 17.4 Å². The lowest BCUT2D eigenvalue weighted by atomic mass is 10.1. The van der Waals surface area contributed by atoms with Crippen LogP contribution in [0.15, 0.2) is 83.2 Å². The van der Waals surface area contributed by atoms with Crippen LogP contribution in [0.1, 0.15) is 38.8 Å². The Labute approximate surface area is 206 Å². The third-order valence-electron chi connectivity index (χ3n) is 5.00. The summed E-state index contributed by atoms with van der Waals surface area (Å²) in [5.41, 5.74) is 3.42. The van der Waals surface area contributed by atoms with Crippen molar-refractivity contribution in [1.29, 1.82) is 0 Å². The highest BCUT2D eigenvalue weighted by Crippen LogP contribution is 2.27. The number of hydrogen-bond donors (Lipinski definition) is 1. The van der Waals surface area contributed by atoms with Gasteiger partial charge >= 0.3 is 0 Å². The van der Waals surface area contributed by atoms with Crippen molar-refractivity contribution >= 4 is 39.9 Å². The second-order valence-corrected chi connectivity index (χ2v) is 9.59. The zero-order valence-electron chi connectivity index (χ0n) is 18.6. The molecule has 0 bridgehead atoms. The van der Waals surface area contributed by atoms with Crippen LogP contribution < -0.4 is 10.1 Å². The first-order chi connectivity index (χ1) is 16.6. The normalized spacial score (nSPS) is 10.6. The van der Waals surface area contributed by atoms with E-state index in [4.69, 9.17) is 4.74 Å². The zero-order valence-corrected chi connectivity index (χ0v) is 20.2. The average molecular weight is 490 g/mol. The fourth-order valence-corrected chi connectivity index (χ4v) is 4.71. The van der Waals surface area contributed by atoms with Crippen LogP contribution >= 0.6 is 23.1 Å². The summed E-state index contributed by atoms with van der Waals surface area (Å²) < 4.78 is 6.38. The number of rotatable bonds is 10. The molecule has 0 atom stereocenters. The number of carbonyl (C=O) groups is 2. The van der Waals surface area contributed by atoms with Gasteiger partial charge in [-0.25, -0.2) is 0 Å². The van der Waals surface area contributed by atoms with Gasteiger partial charge in [0.2, 0.25) is 5.13 Å². The monoisotopic (exact) mass is 489 g/mol. The quantitative estimate of drug-likeness (QED) is 0.170. The Morgan fingerprint density at radius 2 is 1.59 bits per heavy atom. The molecule has 0 fully saturated rings. The van der Waals surface area contributed by atoms with Crippen LogP contribution in [0.3, 0.4) is 0 Å². The Kier molecular flexibility index (Phi) is 8.06. The van der Waals surface area contributed by atoms with Crippen molar-refractivity contribution in [2.24, 2.45) is 0 Å². The average Bonchev–Trinajstić information content (AvgIpc) is 3.34. The van der Waals surface area contributed by atoms with E-state index in [1.54, 1.807) is 36.4 Å². The molecular weight excluding hydrogens is 466 g/mol. The number of ether oxygens (including phenoxy) is 1. The van der Waals surface area contributed by atoms with Gasteiger partial charge in [0.1, 0.15) is 12.4 Å². The molecule has 8 heteroatoms. The minimum atomic E-state index is -0.235. The highest BCUT2D eigenvalue weighted by atomic mass is 32.2. The number of thioether (sulfide) groups is 1. The molecule has 0 unspecified atom stereocenters. The van der Waals surface area contributed by atoms with Gasteiger partial charge in [-0.3, -0.25) is 14.9 Å². The molecule has 6 nitrogen and oxygen atoms in total. The summed E-state index contributed by atoms with van der Waals surface area (Å²) in [4.78, 5) is 24.9. The van der Waals surface area contributed by atoms with Crippen molar-refractivity contribution < 1.29 is 14.3 Å². The van der Waals surface area contributed by atoms with Crippen LogP contribution in [-0.4, -0.2) is 27.6 Å². The Morgan fingerprint density at radius 1 is 0.882 bits per heavy atom. The summed E-state index contributed by atoms with van der Waals surface area (Å²) in [5, 5.41) is 11.2. The molecule has 4 aromatic rings. The van der Waals surface area contributed by atoms with E-state index in [9.17, 15) is 9.59 Å². The van der Waals surface area contributed by atoms with Crippen LogP contribution in [0.5, 0.6) is 5.75 Å². The summed E-state index contributed by atoms with van der Waals surface area (Å²) in [6, 6.07) is 24.5. The van der Waals surface area contributed by atoms with Gasteiger partial charge in [-0.1, -0.05) is 72.5 Å².